The molecule has 0 spiro atoms. The van der Waals surface area contributed by atoms with Crippen LogP contribution in [0.1, 0.15) is 18.4 Å². The molecule has 1 aliphatic carbocycles. The maximum atomic E-state index is 13.3. The molecule has 2 rings (SSSR count). The summed E-state index contributed by atoms with van der Waals surface area (Å²) in [5, 5.41) is 0. The van der Waals surface area contributed by atoms with E-state index in [0.717, 1.165) is 0 Å². The first kappa shape index (κ1) is 10.9. The molecule has 0 radical (unpaired) electrons. The quantitative estimate of drug-likeness (QED) is 0.302. The van der Waals surface area contributed by atoms with E-state index in [1.807, 2.05) is 0 Å². The molecule has 0 unspecified atom stereocenters. The molecule has 0 saturated heterocycles. The average Bonchev–Trinajstić information content (AvgIpc) is 3.05. The molecule has 0 heterocycles. The molecule has 0 atom stereocenters. The number of hydrogen-bond acceptors (Lipinski definition) is 0. The Bertz CT molecular complexity index is 479. The van der Waals surface area contributed by atoms with E-state index in [1.165, 1.54) is 0 Å². The van der Waals surface area contributed by atoms with Gasteiger partial charge in [0.2, 0.25) is 5.82 Å². The molecule has 1 saturated carbocycles. The van der Waals surface area contributed by atoms with E-state index in [4.69, 9.17) is 6.42 Å². The van der Waals surface area contributed by atoms with Crippen LogP contribution in [0, 0.1) is 41.4 Å². The molecule has 84 valence electrons. The van der Waals surface area contributed by atoms with Gasteiger partial charge in [0.15, 0.2) is 23.3 Å². The molecule has 0 nitrogen and oxygen atoms in total. The van der Waals surface area contributed by atoms with Crippen molar-refractivity contribution in [1.82, 2.24) is 0 Å². The Labute approximate surface area is 88.1 Å². The predicted octanol–water partition coefficient (Wildman–Crippen LogP) is 3.05. The number of benzene rings is 1. The second-order valence-corrected chi connectivity index (χ2v) is 3.67. The smallest absolute Gasteiger partial charge is 0.200 e. The maximum absolute atomic E-state index is 13.3. The molecule has 0 aromatic heterocycles. The molecule has 1 fully saturated rings. The minimum Gasteiger partial charge on any atom is -0.203 e. The summed E-state index contributed by atoms with van der Waals surface area (Å²) in [7, 11) is 0. The van der Waals surface area contributed by atoms with Crippen molar-refractivity contribution >= 4 is 0 Å². The van der Waals surface area contributed by atoms with Gasteiger partial charge in [0, 0.05) is 5.56 Å². The fraction of sp³-hybridized carbons (Fsp3) is 0.273. The van der Waals surface area contributed by atoms with Gasteiger partial charge in [0.25, 0.3) is 0 Å². The number of halogens is 5. The third-order valence-electron chi connectivity index (χ3n) is 2.71. The van der Waals surface area contributed by atoms with Crippen LogP contribution < -0.4 is 0 Å². The summed E-state index contributed by atoms with van der Waals surface area (Å²) in [6, 6.07) is 0. The number of terminal acetylenes is 1. The van der Waals surface area contributed by atoms with Gasteiger partial charge in [-0.3, -0.25) is 0 Å². The summed E-state index contributed by atoms with van der Waals surface area (Å²) in [4.78, 5) is 0. The van der Waals surface area contributed by atoms with Crippen molar-refractivity contribution in [3.63, 3.8) is 0 Å². The third kappa shape index (κ3) is 1.22. The van der Waals surface area contributed by atoms with Crippen LogP contribution in [0.4, 0.5) is 22.0 Å². The third-order valence-corrected chi connectivity index (χ3v) is 2.71. The van der Waals surface area contributed by atoms with Gasteiger partial charge in [-0.15, -0.1) is 6.42 Å². The zero-order valence-corrected chi connectivity index (χ0v) is 7.88. The van der Waals surface area contributed by atoms with Crippen molar-refractivity contribution in [2.75, 3.05) is 0 Å². The Hall–Kier alpha value is -1.57. The van der Waals surface area contributed by atoms with Crippen molar-refractivity contribution in [1.29, 1.82) is 0 Å². The molecule has 1 aliphatic rings. The molecule has 5 heteroatoms. The minimum atomic E-state index is -2.16. The van der Waals surface area contributed by atoms with Crippen LogP contribution in [0.2, 0.25) is 0 Å². The highest BCUT2D eigenvalue weighted by molar-refractivity contribution is 5.43. The molecule has 1 aromatic carbocycles. The average molecular weight is 232 g/mol. The first-order valence-corrected chi connectivity index (χ1v) is 4.44. The SMILES string of the molecule is C#CC1(c2c(F)c(F)c(F)c(F)c2F)CC1. The lowest BCUT2D eigenvalue weighted by Gasteiger charge is -2.12. The summed E-state index contributed by atoms with van der Waals surface area (Å²) in [5.74, 6) is -7.62. The normalized spacial score (nSPS) is 17.0. The maximum Gasteiger partial charge on any atom is 0.200 e. The van der Waals surface area contributed by atoms with Crippen LogP contribution in [0.5, 0.6) is 0 Å². The van der Waals surface area contributed by atoms with Gasteiger partial charge in [0.1, 0.15) is 0 Å². The molecular formula is C11H5F5. The first-order valence-electron chi connectivity index (χ1n) is 4.44. The van der Waals surface area contributed by atoms with Gasteiger partial charge >= 0.3 is 0 Å². The molecule has 0 bridgehead atoms. The lowest BCUT2D eigenvalue weighted by molar-refractivity contribution is 0.366. The van der Waals surface area contributed by atoms with Gasteiger partial charge in [-0.2, -0.15) is 0 Å². The molecule has 16 heavy (non-hydrogen) atoms. The van der Waals surface area contributed by atoms with Gasteiger partial charge < -0.3 is 0 Å². The zero-order valence-electron chi connectivity index (χ0n) is 7.88. The number of rotatable bonds is 1. The Balaban J connectivity index is 2.77. The predicted molar refractivity (Wildman–Crippen MR) is 46.0 cm³/mol. The Kier molecular flexibility index (Phi) is 2.19. The van der Waals surface area contributed by atoms with Crippen LogP contribution in [0.25, 0.3) is 0 Å². The van der Waals surface area contributed by atoms with Crippen LogP contribution in [0.3, 0.4) is 0 Å². The topological polar surface area (TPSA) is 0 Å². The van der Waals surface area contributed by atoms with Crippen LogP contribution in [-0.4, -0.2) is 0 Å². The highest BCUT2D eigenvalue weighted by atomic mass is 19.2. The fourth-order valence-corrected chi connectivity index (χ4v) is 1.62. The second-order valence-electron chi connectivity index (χ2n) is 3.67. The fourth-order valence-electron chi connectivity index (χ4n) is 1.62. The summed E-state index contributed by atoms with van der Waals surface area (Å²) < 4.78 is 65.1. The molecule has 0 amide bonds. The largest absolute Gasteiger partial charge is 0.203 e. The molecule has 0 aliphatic heterocycles. The highest BCUT2D eigenvalue weighted by Gasteiger charge is 2.49. The second kappa shape index (κ2) is 3.21. The summed E-state index contributed by atoms with van der Waals surface area (Å²) in [5.41, 5.74) is -2.21. The Morgan fingerprint density at radius 1 is 0.812 bits per heavy atom. The van der Waals surface area contributed by atoms with E-state index in [2.05, 4.69) is 5.92 Å². The highest BCUT2D eigenvalue weighted by Crippen LogP contribution is 2.50. The van der Waals surface area contributed by atoms with Gasteiger partial charge in [-0.1, -0.05) is 5.92 Å². The van der Waals surface area contributed by atoms with Gasteiger partial charge in [-0.25, -0.2) is 22.0 Å². The van der Waals surface area contributed by atoms with Crippen molar-refractivity contribution < 1.29 is 22.0 Å². The first-order chi connectivity index (χ1) is 7.44. The van der Waals surface area contributed by atoms with E-state index >= 15 is 0 Å². The van der Waals surface area contributed by atoms with Crippen molar-refractivity contribution in [2.45, 2.75) is 18.3 Å². The molecule has 1 aromatic rings. The van der Waals surface area contributed by atoms with Crippen molar-refractivity contribution in [3.8, 4) is 12.3 Å². The lowest BCUT2D eigenvalue weighted by Crippen LogP contribution is -2.15. The number of hydrogen-bond donors (Lipinski definition) is 0. The monoisotopic (exact) mass is 232 g/mol. The van der Waals surface area contributed by atoms with E-state index in [0.29, 0.717) is 0 Å². The van der Waals surface area contributed by atoms with E-state index in [-0.39, 0.29) is 12.8 Å². The standard InChI is InChI=1S/C11H5F5/c1-2-11(3-4-11)5-6(12)8(14)10(16)9(15)7(5)13/h1H,3-4H2. The zero-order chi connectivity index (χ0) is 12.1. The summed E-state index contributed by atoms with van der Waals surface area (Å²) >= 11 is 0. The van der Waals surface area contributed by atoms with E-state index in [1.54, 1.807) is 0 Å². The van der Waals surface area contributed by atoms with Crippen LogP contribution in [-0.2, 0) is 5.41 Å². The van der Waals surface area contributed by atoms with Crippen molar-refractivity contribution in [2.24, 2.45) is 0 Å². The van der Waals surface area contributed by atoms with Crippen molar-refractivity contribution in [3.05, 3.63) is 34.6 Å². The molecule has 0 N–H and O–H groups in total. The Morgan fingerprint density at radius 2 is 1.19 bits per heavy atom. The lowest BCUT2D eigenvalue weighted by atomic mass is 9.95. The molecular weight excluding hydrogens is 227 g/mol. The van der Waals surface area contributed by atoms with Gasteiger partial charge in [-0.05, 0) is 12.8 Å². The summed E-state index contributed by atoms with van der Waals surface area (Å²) in [6.07, 6.45) is 5.50. The Morgan fingerprint density at radius 3 is 1.50 bits per heavy atom. The summed E-state index contributed by atoms with van der Waals surface area (Å²) in [6.45, 7) is 0. The van der Waals surface area contributed by atoms with Gasteiger partial charge in [0.05, 0.1) is 5.41 Å². The minimum absolute atomic E-state index is 0.224. The van der Waals surface area contributed by atoms with Crippen LogP contribution in [0.15, 0.2) is 0 Å². The van der Waals surface area contributed by atoms with E-state index < -0.39 is 40.1 Å². The van der Waals surface area contributed by atoms with Crippen LogP contribution >= 0.6 is 0 Å². The van der Waals surface area contributed by atoms with E-state index in [9.17, 15) is 22.0 Å².